The van der Waals surface area contributed by atoms with Gasteiger partial charge in [-0.15, -0.1) is 0 Å². The fourth-order valence-corrected chi connectivity index (χ4v) is 3.16. The number of nitrogens with zero attached hydrogens (tertiary/aromatic N) is 1. The third-order valence-corrected chi connectivity index (χ3v) is 5.04. The molecule has 5 nitrogen and oxygen atoms in total. The zero-order valence-electron chi connectivity index (χ0n) is 16.2. The number of ether oxygens (including phenoxy) is 1. The number of carbonyl (C=O) groups is 1. The first-order valence-electron chi connectivity index (χ1n) is 9.12. The van der Waals surface area contributed by atoms with E-state index in [4.69, 9.17) is 9.26 Å². The molecule has 0 aliphatic heterocycles. The van der Waals surface area contributed by atoms with Crippen LogP contribution >= 0.6 is 15.9 Å². The number of aryl methyl sites for hydroxylation is 2. The first-order valence-corrected chi connectivity index (χ1v) is 9.91. The molecule has 0 aliphatic rings. The van der Waals surface area contributed by atoms with Crippen LogP contribution in [-0.4, -0.2) is 17.1 Å². The molecule has 3 aromatic rings. The van der Waals surface area contributed by atoms with Crippen molar-refractivity contribution in [2.24, 2.45) is 0 Å². The van der Waals surface area contributed by atoms with E-state index in [0.29, 0.717) is 17.9 Å². The van der Waals surface area contributed by atoms with Gasteiger partial charge in [0.2, 0.25) is 0 Å². The normalized spacial score (nSPS) is 11.9. The number of rotatable bonds is 7. The SMILES string of the molecule is Cc1noc(C)c1COc1ccc(C(=O)NC(C)Cc2ccc(Br)cc2)cc1. The predicted molar refractivity (Wildman–Crippen MR) is 112 cm³/mol. The maximum atomic E-state index is 12.5. The Labute approximate surface area is 173 Å². The molecule has 1 unspecified atom stereocenters. The zero-order valence-corrected chi connectivity index (χ0v) is 17.7. The van der Waals surface area contributed by atoms with Crippen molar-refractivity contribution >= 4 is 21.8 Å². The number of benzene rings is 2. The van der Waals surface area contributed by atoms with Crippen LogP contribution in [0.25, 0.3) is 0 Å². The molecule has 146 valence electrons. The lowest BCUT2D eigenvalue weighted by Crippen LogP contribution is -2.34. The lowest BCUT2D eigenvalue weighted by atomic mass is 10.1. The molecule has 0 aliphatic carbocycles. The van der Waals surface area contributed by atoms with E-state index in [1.165, 1.54) is 5.56 Å². The molecule has 6 heteroatoms. The molecule has 0 saturated carbocycles. The van der Waals surface area contributed by atoms with E-state index in [-0.39, 0.29) is 11.9 Å². The van der Waals surface area contributed by atoms with Gasteiger partial charge in [-0.25, -0.2) is 0 Å². The molecule has 1 amide bonds. The Bertz CT molecular complexity index is 914. The van der Waals surface area contributed by atoms with E-state index in [2.05, 4.69) is 38.5 Å². The minimum absolute atomic E-state index is 0.0316. The van der Waals surface area contributed by atoms with E-state index in [1.807, 2.05) is 32.9 Å². The van der Waals surface area contributed by atoms with Gasteiger partial charge in [0.15, 0.2) is 0 Å². The summed E-state index contributed by atoms with van der Waals surface area (Å²) in [4.78, 5) is 12.5. The van der Waals surface area contributed by atoms with Crippen molar-refractivity contribution in [1.29, 1.82) is 0 Å². The third kappa shape index (κ3) is 5.23. The molecular formula is C22H23BrN2O3. The van der Waals surface area contributed by atoms with Crippen molar-refractivity contribution in [3.05, 3.63) is 81.1 Å². The van der Waals surface area contributed by atoms with Crippen LogP contribution in [0.15, 0.2) is 57.5 Å². The van der Waals surface area contributed by atoms with Gasteiger partial charge in [-0.3, -0.25) is 4.79 Å². The van der Waals surface area contributed by atoms with E-state index in [0.717, 1.165) is 27.9 Å². The molecule has 1 aromatic heterocycles. The second-order valence-electron chi connectivity index (χ2n) is 6.82. The van der Waals surface area contributed by atoms with Crippen LogP contribution in [0.3, 0.4) is 0 Å². The van der Waals surface area contributed by atoms with Gasteiger partial charge in [-0.05, 0) is 69.2 Å². The highest BCUT2D eigenvalue weighted by molar-refractivity contribution is 9.10. The molecule has 0 fully saturated rings. The monoisotopic (exact) mass is 442 g/mol. The summed E-state index contributed by atoms with van der Waals surface area (Å²) in [7, 11) is 0. The van der Waals surface area contributed by atoms with Gasteiger partial charge in [-0.2, -0.15) is 0 Å². The molecule has 0 saturated heterocycles. The lowest BCUT2D eigenvalue weighted by Gasteiger charge is -2.14. The standard InChI is InChI=1S/C22H23BrN2O3/c1-14(12-17-4-8-19(23)9-5-17)24-22(26)18-6-10-20(11-7-18)27-13-21-15(2)25-28-16(21)3/h4-11,14H,12-13H2,1-3H3,(H,24,26). The summed E-state index contributed by atoms with van der Waals surface area (Å²) in [5.41, 5.74) is 3.56. The number of halogens is 1. The van der Waals surface area contributed by atoms with Crippen LogP contribution in [0.4, 0.5) is 0 Å². The van der Waals surface area contributed by atoms with Crippen LogP contribution in [-0.2, 0) is 13.0 Å². The number of amides is 1. The first kappa shape index (κ1) is 20.1. The predicted octanol–water partition coefficient (Wildman–Crippen LogP) is 4.99. The summed E-state index contributed by atoms with van der Waals surface area (Å²) in [6.45, 7) is 6.14. The molecule has 0 spiro atoms. The largest absolute Gasteiger partial charge is 0.489 e. The lowest BCUT2D eigenvalue weighted by molar-refractivity contribution is 0.0940. The van der Waals surface area contributed by atoms with Crippen LogP contribution in [0.2, 0.25) is 0 Å². The Morgan fingerprint density at radius 2 is 1.82 bits per heavy atom. The Kier molecular flexibility index (Phi) is 6.52. The molecule has 3 rings (SSSR count). The zero-order chi connectivity index (χ0) is 20.1. The molecule has 0 radical (unpaired) electrons. The number of carbonyl (C=O) groups excluding carboxylic acids is 1. The van der Waals surface area contributed by atoms with Gasteiger partial charge < -0.3 is 14.6 Å². The average Bonchev–Trinajstić information content (AvgIpc) is 3.00. The van der Waals surface area contributed by atoms with Gasteiger partial charge in [-0.1, -0.05) is 33.2 Å². The van der Waals surface area contributed by atoms with E-state index < -0.39 is 0 Å². The fraction of sp³-hybridized carbons (Fsp3) is 0.273. The quantitative estimate of drug-likeness (QED) is 0.559. The van der Waals surface area contributed by atoms with Gasteiger partial charge >= 0.3 is 0 Å². The first-order chi connectivity index (χ1) is 13.4. The van der Waals surface area contributed by atoms with Crippen molar-refractivity contribution in [3.8, 4) is 5.75 Å². The molecule has 28 heavy (non-hydrogen) atoms. The van der Waals surface area contributed by atoms with E-state index in [1.54, 1.807) is 24.3 Å². The number of nitrogens with one attached hydrogen (secondary N) is 1. The molecule has 1 atom stereocenters. The van der Waals surface area contributed by atoms with Crippen molar-refractivity contribution < 1.29 is 14.1 Å². The Morgan fingerprint density at radius 3 is 2.43 bits per heavy atom. The van der Waals surface area contributed by atoms with E-state index in [9.17, 15) is 4.79 Å². The van der Waals surface area contributed by atoms with Crippen LogP contribution in [0.5, 0.6) is 5.75 Å². The van der Waals surface area contributed by atoms with Gasteiger partial charge in [0.05, 0.1) is 11.3 Å². The van der Waals surface area contributed by atoms with Crippen molar-refractivity contribution in [1.82, 2.24) is 10.5 Å². The topological polar surface area (TPSA) is 64.4 Å². The Morgan fingerprint density at radius 1 is 1.14 bits per heavy atom. The number of hydrogen-bond donors (Lipinski definition) is 1. The summed E-state index contributed by atoms with van der Waals surface area (Å²) in [6, 6.07) is 15.3. The fourth-order valence-electron chi connectivity index (χ4n) is 2.90. The Hall–Kier alpha value is -2.60. The summed E-state index contributed by atoms with van der Waals surface area (Å²) in [6.07, 6.45) is 0.775. The minimum Gasteiger partial charge on any atom is -0.489 e. The molecule has 0 bridgehead atoms. The summed E-state index contributed by atoms with van der Waals surface area (Å²) >= 11 is 3.43. The van der Waals surface area contributed by atoms with Gasteiger partial charge in [0.25, 0.3) is 5.91 Å². The van der Waals surface area contributed by atoms with Crippen molar-refractivity contribution in [2.75, 3.05) is 0 Å². The summed E-state index contributed by atoms with van der Waals surface area (Å²) in [5.74, 6) is 1.36. The molecule has 2 aromatic carbocycles. The summed E-state index contributed by atoms with van der Waals surface area (Å²) in [5, 5.41) is 6.95. The maximum absolute atomic E-state index is 12.5. The molecule has 1 N–H and O–H groups in total. The second kappa shape index (κ2) is 9.06. The van der Waals surface area contributed by atoms with Gasteiger partial charge in [0.1, 0.15) is 18.1 Å². The van der Waals surface area contributed by atoms with Crippen LogP contribution in [0.1, 0.15) is 39.9 Å². The highest BCUT2D eigenvalue weighted by atomic mass is 79.9. The smallest absolute Gasteiger partial charge is 0.251 e. The minimum atomic E-state index is -0.0955. The van der Waals surface area contributed by atoms with Crippen LogP contribution in [0, 0.1) is 13.8 Å². The number of hydrogen-bond acceptors (Lipinski definition) is 4. The molecule has 1 heterocycles. The van der Waals surface area contributed by atoms with Crippen LogP contribution < -0.4 is 10.1 Å². The van der Waals surface area contributed by atoms with E-state index >= 15 is 0 Å². The summed E-state index contributed by atoms with van der Waals surface area (Å²) < 4.78 is 12.0. The average molecular weight is 443 g/mol. The maximum Gasteiger partial charge on any atom is 0.251 e. The molecular weight excluding hydrogens is 420 g/mol. The van der Waals surface area contributed by atoms with Crippen molar-refractivity contribution in [2.45, 2.75) is 39.8 Å². The number of aromatic nitrogens is 1. The van der Waals surface area contributed by atoms with Crippen molar-refractivity contribution in [3.63, 3.8) is 0 Å². The highest BCUT2D eigenvalue weighted by Gasteiger charge is 2.12. The van der Waals surface area contributed by atoms with Gasteiger partial charge in [0, 0.05) is 16.1 Å². The second-order valence-corrected chi connectivity index (χ2v) is 7.74. The third-order valence-electron chi connectivity index (χ3n) is 4.51. The Balaban J connectivity index is 1.53. The highest BCUT2D eigenvalue weighted by Crippen LogP contribution is 2.18.